The standard InChI is InChI=1S/C13H20N4O2S/c1-4-14-13-15-7-10(20-13)8-16-5-6-17(9(2)3)12(19)11(16)18/h7,9H,4-6,8H2,1-3H3,(H,14,15). The second-order valence-corrected chi connectivity index (χ2v) is 6.10. The van der Waals surface area contributed by atoms with Gasteiger partial charge in [-0.15, -0.1) is 11.3 Å². The second kappa shape index (κ2) is 6.21. The number of nitrogens with one attached hydrogen (secondary N) is 1. The van der Waals surface area contributed by atoms with Crippen LogP contribution in [0.5, 0.6) is 0 Å². The zero-order chi connectivity index (χ0) is 14.7. The third-order valence-corrected chi connectivity index (χ3v) is 4.13. The van der Waals surface area contributed by atoms with E-state index in [1.54, 1.807) is 16.0 Å². The fourth-order valence-electron chi connectivity index (χ4n) is 2.13. The first kappa shape index (κ1) is 14.8. The molecule has 0 bridgehead atoms. The average Bonchev–Trinajstić information content (AvgIpc) is 2.83. The molecule has 7 heteroatoms. The number of carbonyl (C=O) groups excluding carboxylic acids is 2. The number of piperazine rings is 1. The fraction of sp³-hybridized carbons (Fsp3) is 0.615. The number of carbonyl (C=O) groups is 2. The molecule has 1 aromatic rings. The largest absolute Gasteiger partial charge is 0.362 e. The predicted octanol–water partition coefficient (Wildman–Crippen LogP) is 1.15. The monoisotopic (exact) mass is 296 g/mol. The molecule has 1 aliphatic rings. The third-order valence-electron chi connectivity index (χ3n) is 3.19. The van der Waals surface area contributed by atoms with Gasteiger partial charge in [0.15, 0.2) is 5.13 Å². The molecule has 1 fully saturated rings. The van der Waals surface area contributed by atoms with E-state index in [2.05, 4.69) is 10.3 Å². The van der Waals surface area contributed by atoms with Gasteiger partial charge >= 0.3 is 11.8 Å². The van der Waals surface area contributed by atoms with Crippen molar-refractivity contribution in [3.63, 3.8) is 0 Å². The van der Waals surface area contributed by atoms with Crippen LogP contribution >= 0.6 is 11.3 Å². The fourth-order valence-corrected chi connectivity index (χ4v) is 3.03. The second-order valence-electron chi connectivity index (χ2n) is 4.98. The summed E-state index contributed by atoms with van der Waals surface area (Å²) in [7, 11) is 0. The molecule has 0 spiro atoms. The maximum Gasteiger partial charge on any atom is 0.312 e. The summed E-state index contributed by atoms with van der Waals surface area (Å²) >= 11 is 1.52. The molecule has 2 heterocycles. The Bertz CT molecular complexity index is 500. The van der Waals surface area contributed by atoms with E-state index in [0.29, 0.717) is 19.6 Å². The normalized spacial score (nSPS) is 16.2. The lowest BCUT2D eigenvalue weighted by atomic mass is 10.2. The summed E-state index contributed by atoms with van der Waals surface area (Å²) in [4.78, 5) is 32.5. The Morgan fingerprint density at radius 2 is 2.10 bits per heavy atom. The Kier molecular flexibility index (Phi) is 4.59. The van der Waals surface area contributed by atoms with E-state index in [1.165, 1.54) is 11.3 Å². The van der Waals surface area contributed by atoms with Crippen LogP contribution in [0, 0.1) is 0 Å². The van der Waals surface area contributed by atoms with E-state index < -0.39 is 11.8 Å². The van der Waals surface area contributed by atoms with Crippen molar-refractivity contribution in [1.82, 2.24) is 14.8 Å². The molecule has 0 saturated carbocycles. The van der Waals surface area contributed by atoms with E-state index in [-0.39, 0.29) is 6.04 Å². The van der Waals surface area contributed by atoms with Crippen LogP contribution in [0.4, 0.5) is 5.13 Å². The quantitative estimate of drug-likeness (QED) is 0.828. The maximum absolute atomic E-state index is 12.1. The summed E-state index contributed by atoms with van der Waals surface area (Å²) < 4.78 is 0. The van der Waals surface area contributed by atoms with Gasteiger partial charge in [-0.2, -0.15) is 0 Å². The van der Waals surface area contributed by atoms with Crippen LogP contribution in [0.1, 0.15) is 25.6 Å². The van der Waals surface area contributed by atoms with E-state index >= 15 is 0 Å². The van der Waals surface area contributed by atoms with Crippen LogP contribution in [-0.2, 0) is 16.1 Å². The molecule has 20 heavy (non-hydrogen) atoms. The lowest BCUT2D eigenvalue weighted by Crippen LogP contribution is -2.55. The number of aromatic nitrogens is 1. The van der Waals surface area contributed by atoms with Crippen LogP contribution < -0.4 is 5.32 Å². The van der Waals surface area contributed by atoms with Crippen molar-refractivity contribution >= 4 is 28.3 Å². The molecule has 1 saturated heterocycles. The summed E-state index contributed by atoms with van der Waals surface area (Å²) in [5.41, 5.74) is 0. The lowest BCUT2D eigenvalue weighted by molar-refractivity contribution is -0.157. The van der Waals surface area contributed by atoms with Gasteiger partial charge in [0.2, 0.25) is 0 Å². The van der Waals surface area contributed by atoms with Gasteiger partial charge < -0.3 is 15.1 Å². The molecule has 2 rings (SSSR count). The zero-order valence-corrected chi connectivity index (χ0v) is 12.9. The molecule has 0 aromatic carbocycles. The van der Waals surface area contributed by atoms with Crippen molar-refractivity contribution in [3.8, 4) is 0 Å². The third kappa shape index (κ3) is 3.09. The average molecular weight is 296 g/mol. The van der Waals surface area contributed by atoms with Crippen molar-refractivity contribution < 1.29 is 9.59 Å². The van der Waals surface area contributed by atoms with Gasteiger partial charge in [0, 0.05) is 36.8 Å². The van der Waals surface area contributed by atoms with E-state index in [4.69, 9.17) is 0 Å². The number of hydrogen-bond donors (Lipinski definition) is 1. The number of nitrogens with zero attached hydrogens (tertiary/aromatic N) is 3. The molecule has 1 aromatic heterocycles. The van der Waals surface area contributed by atoms with Crippen LogP contribution in [0.2, 0.25) is 0 Å². The van der Waals surface area contributed by atoms with E-state index in [0.717, 1.165) is 16.6 Å². The molecule has 1 aliphatic heterocycles. The van der Waals surface area contributed by atoms with Gasteiger partial charge in [-0.05, 0) is 20.8 Å². The predicted molar refractivity (Wildman–Crippen MR) is 78.5 cm³/mol. The molecular formula is C13H20N4O2S. The number of anilines is 1. The topological polar surface area (TPSA) is 65.5 Å². The molecule has 0 atom stereocenters. The number of rotatable bonds is 5. The van der Waals surface area contributed by atoms with Crippen LogP contribution in [-0.4, -0.2) is 52.3 Å². The van der Waals surface area contributed by atoms with Crippen molar-refractivity contribution in [2.75, 3.05) is 25.0 Å². The van der Waals surface area contributed by atoms with Gasteiger partial charge in [-0.25, -0.2) is 4.98 Å². The highest BCUT2D eigenvalue weighted by atomic mass is 32.1. The molecule has 110 valence electrons. The van der Waals surface area contributed by atoms with Crippen LogP contribution in [0.25, 0.3) is 0 Å². The Balaban J connectivity index is 2.00. The molecule has 2 amide bonds. The van der Waals surface area contributed by atoms with Gasteiger partial charge in [0.25, 0.3) is 0 Å². The van der Waals surface area contributed by atoms with Crippen molar-refractivity contribution in [1.29, 1.82) is 0 Å². The summed E-state index contributed by atoms with van der Waals surface area (Å²) in [6.07, 6.45) is 1.76. The van der Waals surface area contributed by atoms with Gasteiger partial charge in [-0.3, -0.25) is 9.59 Å². The molecular weight excluding hydrogens is 276 g/mol. The minimum absolute atomic E-state index is 0.0670. The Labute approximate surface area is 122 Å². The minimum atomic E-state index is -0.414. The molecule has 1 N–H and O–H groups in total. The molecule has 6 nitrogen and oxygen atoms in total. The summed E-state index contributed by atoms with van der Waals surface area (Å²) in [5, 5.41) is 3.99. The zero-order valence-electron chi connectivity index (χ0n) is 12.0. The maximum atomic E-state index is 12.1. The Morgan fingerprint density at radius 3 is 2.75 bits per heavy atom. The lowest BCUT2D eigenvalue weighted by Gasteiger charge is -2.35. The van der Waals surface area contributed by atoms with Crippen LogP contribution in [0.3, 0.4) is 0 Å². The highest BCUT2D eigenvalue weighted by molar-refractivity contribution is 7.15. The summed E-state index contributed by atoms with van der Waals surface area (Å²) in [6.45, 7) is 8.31. The minimum Gasteiger partial charge on any atom is -0.362 e. The Hall–Kier alpha value is -1.63. The summed E-state index contributed by atoms with van der Waals surface area (Å²) in [5.74, 6) is -0.814. The highest BCUT2D eigenvalue weighted by Gasteiger charge is 2.33. The summed E-state index contributed by atoms with van der Waals surface area (Å²) in [6, 6.07) is 0.0670. The molecule has 0 radical (unpaired) electrons. The van der Waals surface area contributed by atoms with Crippen molar-refractivity contribution in [2.24, 2.45) is 0 Å². The van der Waals surface area contributed by atoms with Crippen molar-refractivity contribution in [2.45, 2.75) is 33.4 Å². The smallest absolute Gasteiger partial charge is 0.312 e. The first-order chi connectivity index (χ1) is 9.52. The number of hydrogen-bond acceptors (Lipinski definition) is 5. The van der Waals surface area contributed by atoms with Gasteiger partial charge in [-0.1, -0.05) is 0 Å². The first-order valence-corrected chi connectivity index (χ1v) is 7.63. The van der Waals surface area contributed by atoms with E-state index in [1.807, 2.05) is 20.8 Å². The van der Waals surface area contributed by atoms with Gasteiger partial charge in [0.05, 0.1) is 6.54 Å². The number of thiazole rings is 1. The molecule has 0 unspecified atom stereocenters. The number of amides is 2. The SMILES string of the molecule is CCNc1ncc(CN2CCN(C(C)C)C(=O)C2=O)s1. The highest BCUT2D eigenvalue weighted by Crippen LogP contribution is 2.21. The van der Waals surface area contributed by atoms with E-state index in [9.17, 15) is 9.59 Å². The van der Waals surface area contributed by atoms with Crippen molar-refractivity contribution in [3.05, 3.63) is 11.1 Å². The van der Waals surface area contributed by atoms with Gasteiger partial charge in [0.1, 0.15) is 0 Å². The Morgan fingerprint density at radius 1 is 1.35 bits per heavy atom. The first-order valence-electron chi connectivity index (χ1n) is 6.81. The van der Waals surface area contributed by atoms with Crippen LogP contribution in [0.15, 0.2) is 6.20 Å². The molecule has 0 aliphatic carbocycles.